The lowest BCUT2D eigenvalue weighted by Gasteiger charge is -2.17. The summed E-state index contributed by atoms with van der Waals surface area (Å²) in [5, 5.41) is 20.1. The van der Waals surface area contributed by atoms with Gasteiger partial charge in [0, 0.05) is 10.3 Å². The molecule has 9 heteroatoms. The highest BCUT2D eigenvalue weighted by Crippen LogP contribution is 2.35. The largest absolute Gasteiger partial charge is 0.340 e. The fourth-order valence-corrected chi connectivity index (χ4v) is 4.75. The first-order chi connectivity index (χ1) is 16.5. The highest BCUT2D eigenvalue weighted by Gasteiger charge is 2.26. The average Bonchev–Trinajstić information content (AvgIpc) is 3.30. The number of carbonyl (C=O) groups is 2. The smallest absolute Gasteiger partial charge is 0.255 e. The number of thioether (sulfide) groups is 1. The Morgan fingerprint density at radius 3 is 2.74 bits per heavy atom. The second kappa shape index (κ2) is 13.1. The zero-order chi connectivity index (χ0) is 24.3. The number of aryl methyl sites for hydroxylation is 1. The van der Waals surface area contributed by atoms with E-state index >= 15 is 0 Å². The van der Waals surface area contributed by atoms with Crippen LogP contribution < -0.4 is 10.6 Å². The summed E-state index contributed by atoms with van der Waals surface area (Å²) in [6.07, 6.45) is 5.83. The number of benzene rings is 2. The summed E-state index contributed by atoms with van der Waals surface area (Å²) >= 11 is 1.71. The zero-order valence-corrected chi connectivity index (χ0v) is 21.0. The first-order valence-electron chi connectivity index (χ1n) is 12.0. The van der Waals surface area contributed by atoms with Crippen LogP contribution in [-0.4, -0.2) is 38.3 Å². The monoisotopic (exact) mass is 482 g/mol. The van der Waals surface area contributed by atoms with Gasteiger partial charge in [0.15, 0.2) is 6.04 Å². The van der Waals surface area contributed by atoms with E-state index in [0.29, 0.717) is 18.9 Å². The number of fused-ring (bicyclic) bond motifs is 1. The third kappa shape index (κ3) is 7.03. The number of anilines is 1. The maximum absolute atomic E-state index is 13.3. The fraction of sp³-hybridized carbons (Fsp3) is 0.480. The third-order valence-corrected chi connectivity index (χ3v) is 6.65. The van der Waals surface area contributed by atoms with E-state index in [2.05, 4.69) is 52.9 Å². The summed E-state index contributed by atoms with van der Waals surface area (Å²) in [7, 11) is 0. The molecule has 8 nitrogen and oxygen atoms in total. The lowest BCUT2D eigenvalue weighted by atomic mass is 10.1. The summed E-state index contributed by atoms with van der Waals surface area (Å²) in [4.78, 5) is 27.1. The number of hydrogen-bond donors (Lipinski definition) is 2. The first kappa shape index (κ1) is 25.7. The summed E-state index contributed by atoms with van der Waals surface area (Å²) in [5.74, 6) is 1.39. The molecule has 3 aromatic rings. The van der Waals surface area contributed by atoms with Gasteiger partial charge in [0.25, 0.3) is 5.91 Å². The standard InChI is InChI=1S/C25H34N6O2S/c1-4-5-16-34-21-14-13-19-11-6-7-12-20(19)22(21)27-25(33)23(26-17-32)24-28-30-31(29-24)15-9-8-10-18(2)3/h6-7,11-14,17-18,23H,4-5,8-10,15-16H2,1-3H3,(H,26,32)(H,27,33). The maximum atomic E-state index is 13.3. The lowest BCUT2D eigenvalue weighted by molar-refractivity contribution is -0.121. The molecule has 2 N–H and O–H groups in total. The van der Waals surface area contributed by atoms with Gasteiger partial charge >= 0.3 is 0 Å². The molecule has 0 fully saturated rings. The normalized spacial score (nSPS) is 12.1. The number of amides is 2. The first-order valence-corrected chi connectivity index (χ1v) is 12.9. The molecule has 0 aliphatic carbocycles. The van der Waals surface area contributed by atoms with Crippen molar-refractivity contribution in [1.82, 2.24) is 25.5 Å². The Hall–Kier alpha value is -2.94. The molecule has 182 valence electrons. The van der Waals surface area contributed by atoms with Crippen molar-refractivity contribution in [2.24, 2.45) is 5.92 Å². The van der Waals surface area contributed by atoms with Gasteiger partial charge in [0.2, 0.25) is 12.2 Å². The van der Waals surface area contributed by atoms with Crippen LogP contribution in [0.2, 0.25) is 0 Å². The molecule has 34 heavy (non-hydrogen) atoms. The molecular weight excluding hydrogens is 448 g/mol. The molecule has 1 heterocycles. The van der Waals surface area contributed by atoms with Crippen LogP contribution in [0.1, 0.15) is 64.7 Å². The molecule has 3 rings (SSSR count). The van der Waals surface area contributed by atoms with E-state index in [1.807, 2.05) is 30.3 Å². The second-order valence-electron chi connectivity index (χ2n) is 8.70. The van der Waals surface area contributed by atoms with Gasteiger partial charge in [-0.2, -0.15) is 4.80 Å². The topological polar surface area (TPSA) is 102 Å². The minimum absolute atomic E-state index is 0.175. The quantitative estimate of drug-likeness (QED) is 0.191. The van der Waals surface area contributed by atoms with Gasteiger partial charge in [-0.3, -0.25) is 9.59 Å². The van der Waals surface area contributed by atoms with E-state index in [-0.39, 0.29) is 5.82 Å². The van der Waals surface area contributed by atoms with E-state index in [1.165, 1.54) is 4.80 Å². The van der Waals surface area contributed by atoms with Crippen molar-refractivity contribution in [2.75, 3.05) is 11.1 Å². The van der Waals surface area contributed by atoms with Gasteiger partial charge < -0.3 is 10.6 Å². The van der Waals surface area contributed by atoms with Crippen LogP contribution in [0.4, 0.5) is 5.69 Å². The van der Waals surface area contributed by atoms with Crippen molar-refractivity contribution in [2.45, 2.75) is 70.4 Å². The Morgan fingerprint density at radius 2 is 1.97 bits per heavy atom. The van der Waals surface area contributed by atoms with Crippen LogP contribution in [0.15, 0.2) is 41.3 Å². The van der Waals surface area contributed by atoms with E-state index in [4.69, 9.17) is 0 Å². The molecule has 1 atom stereocenters. The van der Waals surface area contributed by atoms with Crippen molar-refractivity contribution in [3.63, 3.8) is 0 Å². The van der Waals surface area contributed by atoms with Crippen molar-refractivity contribution in [3.8, 4) is 0 Å². The average molecular weight is 483 g/mol. The fourth-order valence-electron chi connectivity index (χ4n) is 3.63. The predicted molar refractivity (Wildman–Crippen MR) is 137 cm³/mol. The maximum Gasteiger partial charge on any atom is 0.255 e. The molecule has 0 saturated heterocycles. The van der Waals surface area contributed by atoms with Gasteiger partial charge in [0.1, 0.15) is 0 Å². The Kier molecular flexibility index (Phi) is 9.88. The minimum atomic E-state index is -1.03. The van der Waals surface area contributed by atoms with Gasteiger partial charge in [-0.15, -0.1) is 22.0 Å². The van der Waals surface area contributed by atoms with Crippen LogP contribution in [0.25, 0.3) is 10.8 Å². The van der Waals surface area contributed by atoms with Crippen LogP contribution in [0.3, 0.4) is 0 Å². The number of carbonyl (C=O) groups excluding carboxylic acids is 2. The summed E-state index contributed by atoms with van der Waals surface area (Å²) in [6, 6.07) is 11.0. The number of unbranched alkanes of at least 4 members (excludes halogenated alkanes) is 2. The minimum Gasteiger partial charge on any atom is -0.340 e. The number of hydrogen-bond acceptors (Lipinski definition) is 6. The third-order valence-electron chi connectivity index (χ3n) is 5.51. The molecular formula is C25H34N6O2S. The van der Waals surface area contributed by atoms with Gasteiger partial charge in [0.05, 0.1) is 12.2 Å². The van der Waals surface area contributed by atoms with Gasteiger partial charge in [-0.25, -0.2) is 0 Å². The highest BCUT2D eigenvalue weighted by atomic mass is 32.2. The van der Waals surface area contributed by atoms with E-state index in [1.54, 1.807) is 11.8 Å². The SMILES string of the molecule is CCCCSc1ccc2ccccc2c1NC(=O)C(NC=O)c1nnn(CCCCC(C)C)n1. The van der Waals surface area contributed by atoms with Crippen LogP contribution in [0.5, 0.6) is 0 Å². The van der Waals surface area contributed by atoms with Crippen LogP contribution in [-0.2, 0) is 16.1 Å². The Balaban J connectivity index is 1.79. The van der Waals surface area contributed by atoms with Gasteiger partial charge in [-0.1, -0.05) is 70.4 Å². The van der Waals surface area contributed by atoms with Crippen LogP contribution >= 0.6 is 11.8 Å². The highest BCUT2D eigenvalue weighted by molar-refractivity contribution is 7.99. The Labute approximate surface area is 205 Å². The molecule has 0 spiro atoms. The molecule has 1 unspecified atom stereocenters. The van der Waals surface area contributed by atoms with Gasteiger partial charge in [-0.05, 0) is 41.2 Å². The van der Waals surface area contributed by atoms with E-state index in [9.17, 15) is 9.59 Å². The number of tetrazole rings is 1. The van der Waals surface area contributed by atoms with E-state index in [0.717, 1.165) is 59.2 Å². The van der Waals surface area contributed by atoms with Crippen molar-refractivity contribution in [3.05, 3.63) is 42.2 Å². The molecule has 0 aliphatic heterocycles. The molecule has 0 radical (unpaired) electrons. The lowest BCUT2D eigenvalue weighted by Crippen LogP contribution is -2.33. The number of rotatable bonds is 14. The van der Waals surface area contributed by atoms with E-state index < -0.39 is 11.9 Å². The molecule has 1 aromatic heterocycles. The van der Waals surface area contributed by atoms with Crippen LogP contribution in [0, 0.1) is 5.92 Å². The second-order valence-corrected chi connectivity index (χ2v) is 9.84. The van der Waals surface area contributed by atoms with Crippen molar-refractivity contribution in [1.29, 1.82) is 0 Å². The molecule has 0 saturated carbocycles. The number of nitrogens with zero attached hydrogens (tertiary/aromatic N) is 4. The summed E-state index contributed by atoms with van der Waals surface area (Å²) in [6.45, 7) is 7.17. The Bertz CT molecular complexity index is 1080. The number of nitrogens with one attached hydrogen (secondary N) is 2. The predicted octanol–water partition coefficient (Wildman–Crippen LogP) is 4.97. The summed E-state index contributed by atoms with van der Waals surface area (Å²) in [5.41, 5.74) is 0.739. The Morgan fingerprint density at radius 1 is 1.15 bits per heavy atom. The zero-order valence-electron chi connectivity index (χ0n) is 20.2. The molecule has 0 bridgehead atoms. The molecule has 2 aromatic carbocycles. The van der Waals surface area contributed by atoms with Crippen molar-refractivity contribution >= 4 is 40.5 Å². The molecule has 2 amide bonds. The number of aromatic nitrogens is 4. The molecule has 0 aliphatic rings. The summed E-state index contributed by atoms with van der Waals surface area (Å²) < 4.78 is 0. The van der Waals surface area contributed by atoms with Crippen molar-refractivity contribution < 1.29 is 9.59 Å².